The van der Waals surface area contributed by atoms with Crippen LogP contribution >= 0.6 is 0 Å². The second kappa shape index (κ2) is 20.2. The molecular weight excluding hydrogens is 969 g/mol. The Kier molecular flexibility index (Phi) is 14.9. The van der Waals surface area contributed by atoms with Crippen LogP contribution in [0.3, 0.4) is 0 Å². The molecule has 0 bridgehead atoms. The molecule has 1 atom stereocenters. The minimum atomic E-state index is -0.318. The fourth-order valence-electron chi connectivity index (χ4n) is 9.42. The molecule has 0 saturated carbocycles. The molecule has 0 amide bonds. The number of fused-ring (bicyclic) bond motifs is 3. The van der Waals surface area contributed by atoms with E-state index >= 15 is 0 Å². The first-order valence-corrected chi connectivity index (χ1v) is 24.0. The van der Waals surface area contributed by atoms with E-state index in [4.69, 9.17) is 19.9 Å². The number of benzene rings is 5. The van der Waals surface area contributed by atoms with E-state index in [0.29, 0.717) is 17.5 Å². The molecule has 5 aromatic carbocycles. The zero-order valence-electron chi connectivity index (χ0n) is 40.2. The van der Waals surface area contributed by atoms with E-state index in [1.165, 1.54) is 101 Å². The molecule has 0 spiro atoms. The van der Waals surface area contributed by atoms with Crippen LogP contribution in [0.2, 0.25) is 0 Å². The van der Waals surface area contributed by atoms with Crippen molar-refractivity contribution in [3.63, 3.8) is 0 Å². The molecule has 2 heterocycles. The van der Waals surface area contributed by atoms with Crippen LogP contribution in [-0.4, -0.2) is 19.9 Å². The third-order valence-corrected chi connectivity index (χ3v) is 13.5. The van der Waals surface area contributed by atoms with Crippen molar-refractivity contribution in [2.45, 2.75) is 143 Å². The van der Waals surface area contributed by atoms with Crippen molar-refractivity contribution in [1.29, 1.82) is 0 Å². The Balaban J connectivity index is 0.00000630. The molecule has 0 aliphatic heterocycles. The Bertz CT molecular complexity index is 2600. The summed E-state index contributed by atoms with van der Waals surface area (Å²) in [4.78, 5) is 20.3. The van der Waals surface area contributed by atoms with Crippen molar-refractivity contribution >= 4 is 0 Å². The molecule has 0 fully saturated rings. The van der Waals surface area contributed by atoms with E-state index in [-0.39, 0.29) is 36.4 Å². The molecule has 0 saturated heterocycles. The van der Waals surface area contributed by atoms with Gasteiger partial charge in [0.25, 0.3) is 0 Å². The molecule has 65 heavy (non-hydrogen) atoms. The average molecular weight is 1040 g/mol. The predicted octanol–water partition coefficient (Wildman–Crippen LogP) is 15.9. The minimum Gasteiger partial charge on any atom is -0.304 e. The summed E-state index contributed by atoms with van der Waals surface area (Å²) >= 11 is 0. The van der Waals surface area contributed by atoms with Crippen molar-refractivity contribution in [2.75, 3.05) is 0 Å². The molecule has 5 heteroatoms. The first kappa shape index (κ1) is 47.9. The van der Waals surface area contributed by atoms with Crippen LogP contribution in [0.5, 0.6) is 0 Å². The zero-order chi connectivity index (χ0) is 45.1. The fourth-order valence-corrected chi connectivity index (χ4v) is 9.42. The third kappa shape index (κ3) is 10.5. The normalized spacial score (nSPS) is 14.5. The standard InChI is InChI=1S/C60H67N4.Ir/c1-10-12-14-16-20-41-36-42(21-17-15-13-11-2)38-49(37-41)60(9)52-23-19-18-22-50(52)51-34-28-45(39-53(51)60)54-35-29-46(40-61-54)57-63-55(43-24-30-47(31-25-43)58(3,4)5)62-56(64-57)44-26-32-48(33-27-44)59(6,7)8;/h18-19,22-27,29-40H,10-17,20-21H2,1-9H3;/q-1;/t60-;/m0./s1. The van der Waals surface area contributed by atoms with Crippen LogP contribution in [0.25, 0.3) is 56.5 Å². The number of rotatable bonds is 15. The number of nitrogens with zero attached hydrogens (tertiary/aromatic N) is 4. The average Bonchev–Trinajstić information content (AvgIpc) is 3.56. The fraction of sp³-hybridized carbons (Fsp3) is 0.367. The van der Waals surface area contributed by atoms with Gasteiger partial charge in [0.15, 0.2) is 17.5 Å². The van der Waals surface area contributed by atoms with Gasteiger partial charge < -0.3 is 4.98 Å². The van der Waals surface area contributed by atoms with Gasteiger partial charge in [-0.3, -0.25) is 0 Å². The SMILES string of the molecule is CCCCCCc1cc(CCCCCC)cc([C@@]2(C)c3ccccc3-c3c[c-]c(-c4ccc(-c5nc(-c6ccc(C(C)(C)C)cc6)nc(-c6ccc(C(C)(C)C)cc6)n5)cn4)cc32)c1.[Ir]. The summed E-state index contributed by atoms with van der Waals surface area (Å²) < 4.78 is 0. The number of hydrogen-bond donors (Lipinski definition) is 0. The van der Waals surface area contributed by atoms with Gasteiger partial charge in [0.2, 0.25) is 0 Å². The van der Waals surface area contributed by atoms with Gasteiger partial charge in [-0.2, -0.15) is 0 Å². The molecule has 2 aromatic heterocycles. The van der Waals surface area contributed by atoms with Crippen LogP contribution in [0.4, 0.5) is 0 Å². The summed E-state index contributed by atoms with van der Waals surface area (Å²) in [5.74, 6) is 1.88. The zero-order valence-corrected chi connectivity index (χ0v) is 42.6. The molecule has 0 N–H and O–H groups in total. The number of aromatic nitrogens is 4. The monoisotopic (exact) mass is 1040 g/mol. The summed E-state index contributed by atoms with van der Waals surface area (Å²) in [6.07, 6.45) is 14.3. The van der Waals surface area contributed by atoms with E-state index < -0.39 is 0 Å². The number of unbranched alkanes of at least 4 members (excludes halogenated alkanes) is 6. The number of hydrogen-bond acceptors (Lipinski definition) is 4. The van der Waals surface area contributed by atoms with Crippen molar-refractivity contribution in [3.8, 4) is 56.5 Å². The van der Waals surface area contributed by atoms with Gasteiger partial charge in [-0.05, 0) is 82.5 Å². The maximum absolute atomic E-state index is 5.10. The van der Waals surface area contributed by atoms with E-state index in [0.717, 1.165) is 40.8 Å². The van der Waals surface area contributed by atoms with E-state index in [9.17, 15) is 0 Å². The smallest absolute Gasteiger partial charge is 0.165 e. The van der Waals surface area contributed by atoms with Gasteiger partial charge in [-0.1, -0.05) is 208 Å². The van der Waals surface area contributed by atoms with Gasteiger partial charge in [0.1, 0.15) is 0 Å². The molecule has 8 rings (SSSR count). The molecule has 1 aliphatic carbocycles. The maximum atomic E-state index is 5.10. The largest absolute Gasteiger partial charge is 0.304 e. The summed E-state index contributed by atoms with van der Waals surface area (Å²) in [6.45, 7) is 20.4. The van der Waals surface area contributed by atoms with Crippen LogP contribution in [0.15, 0.2) is 121 Å². The summed E-state index contributed by atoms with van der Waals surface area (Å²) in [5, 5.41) is 0. The Morgan fingerprint density at radius 2 is 1.03 bits per heavy atom. The molecule has 1 radical (unpaired) electrons. The van der Waals surface area contributed by atoms with Crippen LogP contribution in [0, 0.1) is 6.07 Å². The Morgan fingerprint density at radius 3 is 1.52 bits per heavy atom. The van der Waals surface area contributed by atoms with Crippen LogP contribution < -0.4 is 0 Å². The summed E-state index contributed by atoms with van der Waals surface area (Å²) in [7, 11) is 0. The summed E-state index contributed by atoms with van der Waals surface area (Å²) in [5.41, 5.74) is 16.5. The van der Waals surface area contributed by atoms with Gasteiger partial charge in [-0.15, -0.1) is 29.3 Å². The van der Waals surface area contributed by atoms with Gasteiger partial charge in [0.05, 0.1) is 0 Å². The molecule has 1 aliphatic rings. The Morgan fingerprint density at radius 1 is 0.523 bits per heavy atom. The molecule has 0 unspecified atom stereocenters. The topological polar surface area (TPSA) is 51.6 Å². The van der Waals surface area contributed by atoms with Gasteiger partial charge in [-0.25, -0.2) is 15.0 Å². The second-order valence-corrected chi connectivity index (χ2v) is 20.4. The molecule has 7 aromatic rings. The quantitative estimate of drug-likeness (QED) is 0.0758. The number of aryl methyl sites for hydroxylation is 2. The van der Waals surface area contributed by atoms with Crippen LogP contribution in [0.1, 0.15) is 153 Å². The molecule has 4 nitrogen and oxygen atoms in total. The molecular formula is C60H67IrN4-. The predicted molar refractivity (Wildman–Crippen MR) is 269 cm³/mol. The first-order valence-electron chi connectivity index (χ1n) is 24.0. The third-order valence-electron chi connectivity index (χ3n) is 13.5. The first-order chi connectivity index (χ1) is 30.8. The minimum absolute atomic E-state index is 0. The van der Waals surface area contributed by atoms with E-state index in [2.05, 4.69) is 184 Å². The van der Waals surface area contributed by atoms with E-state index in [1.807, 2.05) is 6.20 Å². The van der Waals surface area contributed by atoms with Gasteiger partial charge in [0, 0.05) is 48.4 Å². The van der Waals surface area contributed by atoms with Crippen LogP contribution in [-0.2, 0) is 49.2 Å². The maximum Gasteiger partial charge on any atom is 0.165 e. The van der Waals surface area contributed by atoms with Crippen molar-refractivity contribution < 1.29 is 20.1 Å². The second-order valence-electron chi connectivity index (χ2n) is 20.4. The Labute approximate surface area is 403 Å². The van der Waals surface area contributed by atoms with Crippen molar-refractivity contribution in [2.24, 2.45) is 0 Å². The number of pyridine rings is 1. The van der Waals surface area contributed by atoms with E-state index in [1.54, 1.807) is 0 Å². The Hall–Kier alpha value is -5.09. The molecule has 337 valence electrons. The van der Waals surface area contributed by atoms with Crippen molar-refractivity contribution in [1.82, 2.24) is 19.9 Å². The summed E-state index contributed by atoms with van der Waals surface area (Å²) in [6, 6.07) is 46.2. The van der Waals surface area contributed by atoms with Crippen molar-refractivity contribution in [3.05, 3.63) is 166 Å². The van der Waals surface area contributed by atoms with Gasteiger partial charge >= 0.3 is 0 Å².